The summed E-state index contributed by atoms with van der Waals surface area (Å²) in [5.41, 5.74) is 2.31. The first-order valence-electron chi connectivity index (χ1n) is 7.86. The van der Waals surface area contributed by atoms with Crippen LogP contribution in [-0.4, -0.2) is 40.7 Å². The predicted octanol–water partition coefficient (Wildman–Crippen LogP) is 2.68. The first-order chi connectivity index (χ1) is 12.3. The lowest BCUT2D eigenvalue weighted by molar-refractivity contribution is 0.0160. The molecule has 3 aromatic heterocycles. The SMILES string of the molecule is [C-]#[N+]c1cnn2c(NS(C)(=O)=O)ccc2c1-c1cnn(C(C)OCC)c1. The van der Waals surface area contributed by atoms with Gasteiger partial charge in [-0.15, -0.1) is 0 Å². The molecule has 0 aliphatic rings. The van der Waals surface area contributed by atoms with Crippen molar-refractivity contribution in [3.8, 4) is 11.1 Å². The molecule has 1 unspecified atom stereocenters. The van der Waals surface area contributed by atoms with Gasteiger partial charge in [0, 0.05) is 23.9 Å². The second-order valence-corrected chi connectivity index (χ2v) is 7.42. The maximum atomic E-state index is 11.5. The van der Waals surface area contributed by atoms with Crippen LogP contribution >= 0.6 is 0 Å². The zero-order chi connectivity index (χ0) is 18.9. The Morgan fingerprint density at radius 2 is 2.12 bits per heavy atom. The molecule has 1 atom stereocenters. The van der Waals surface area contributed by atoms with E-state index in [0.29, 0.717) is 29.2 Å². The van der Waals surface area contributed by atoms with E-state index in [-0.39, 0.29) is 6.23 Å². The van der Waals surface area contributed by atoms with E-state index in [2.05, 4.69) is 19.8 Å². The molecule has 3 heterocycles. The first-order valence-corrected chi connectivity index (χ1v) is 9.75. The summed E-state index contributed by atoms with van der Waals surface area (Å²) in [4.78, 5) is 3.54. The molecule has 0 radical (unpaired) electrons. The minimum Gasteiger partial charge on any atom is -0.357 e. The summed E-state index contributed by atoms with van der Waals surface area (Å²) in [5, 5.41) is 8.48. The highest BCUT2D eigenvalue weighted by Crippen LogP contribution is 2.35. The van der Waals surface area contributed by atoms with Crippen molar-refractivity contribution in [3.05, 3.63) is 42.1 Å². The molecule has 10 heteroatoms. The maximum Gasteiger partial charge on any atom is 0.230 e. The molecule has 0 bridgehead atoms. The number of hydrogen-bond donors (Lipinski definition) is 1. The highest BCUT2D eigenvalue weighted by molar-refractivity contribution is 7.92. The summed E-state index contributed by atoms with van der Waals surface area (Å²) in [6, 6.07) is 3.32. The van der Waals surface area contributed by atoms with Gasteiger partial charge in [-0.3, -0.25) is 4.72 Å². The number of hydrogen-bond acceptors (Lipinski definition) is 5. The standard InChI is InChI=1S/C16H18N6O3S/c1-5-25-11(2)21-10-12(8-18-21)16-13(17-3)9-19-22-14(16)6-7-15(22)20-26(4,23)24/h6-11,20H,5H2,1-2,4H3. The van der Waals surface area contributed by atoms with E-state index in [0.717, 1.165) is 11.8 Å². The Balaban J connectivity index is 2.14. The Bertz CT molecular complexity index is 1090. The van der Waals surface area contributed by atoms with Crippen molar-refractivity contribution in [1.82, 2.24) is 19.4 Å². The average molecular weight is 374 g/mol. The van der Waals surface area contributed by atoms with Crippen molar-refractivity contribution in [3.63, 3.8) is 0 Å². The number of ether oxygens (including phenoxy) is 1. The molecule has 0 saturated carbocycles. The largest absolute Gasteiger partial charge is 0.357 e. The van der Waals surface area contributed by atoms with E-state index in [4.69, 9.17) is 11.3 Å². The van der Waals surface area contributed by atoms with Crippen molar-refractivity contribution in [2.75, 3.05) is 17.6 Å². The molecule has 0 aliphatic carbocycles. The van der Waals surface area contributed by atoms with Crippen LogP contribution in [0.25, 0.3) is 21.5 Å². The lowest BCUT2D eigenvalue weighted by atomic mass is 10.1. The Labute approximate surface area is 151 Å². The van der Waals surface area contributed by atoms with Crippen LogP contribution in [0.2, 0.25) is 0 Å². The monoisotopic (exact) mass is 374 g/mol. The Kier molecular flexibility index (Phi) is 4.67. The summed E-state index contributed by atoms with van der Waals surface area (Å²) in [7, 11) is -3.45. The van der Waals surface area contributed by atoms with E-state index >= 15 is 0 Å². The molecule has 0 amide bonds. The molecule has 0 fully saturated rings. The second-order valence-electron chi connectivity index (χ2n) is 5.67. The summed E-state index contributed by atoms with van der Waals surface area (Å²) in [5.74, 6) is 0.301. The third kappa shape index (κ3) is 3.40. The molecule has 3 aromatic rings. The van der Waals surface area contributed by atoms with Crippen molar-refractivity contribution in [1.29, 1.82) is 0 Å². The Morgan fingerprint density at radius 3 is 2.77 bits per heavy atom. The topological polar surface area (TPSA) is 94.9 Å². The van der Waals surface area contributed by atoms with Gasteiger partial charge in [-0.05, 0) is 26.0 Å². The lowest BCUT2D eigenvalue weighted by Gasteiger charge is -2.11. The van der Waals surface area contributed by atoms with Gasteiger partial charge in [0.05, 0.1) is 30.7 Å². The van der Waals surface area contributed by atoms with Crippen LogP contribution in [0.4, 0.5) is 11.5 Å². The van der Waals surface area contributed by atoms with Crippen molar-refractivity contribution in [2.24, 2.45) is 0 Å². The molecule has 26 heavy (non-hydrogen) atoms. The number of fused-ring (bicyclic) bond motifs is 1. The van der Waals surface area contributed by atoms with E-state index in [9.17, 15) is 8.42 Å². The number of nitrogens with one attached hydrogen (secondary N) is 1. The van der Waals surface area contributed by atoms with Gasteiger partial charge < -0.3 is 4.74 Å². The fourth-order valence-electron chi connectivity index (χ4n) is 2.68. The van der Waals surface area contributed by atoms with Crippen LogP contribution in [0, 0.1) is 6.57 Å². The molecule has 136 valence electrons. The number of aromatic nitrogens is 4. The van der Waals surface area contributed by atoms with Crippen molar-refractivity contribution in [2.45, 2.75) is 20.1 Å². The number of anilines is 1. The van der Waals surface area contributed by atoms with Gasteiger partial charge in [0.15, 0.2) is 0 Å². The highest BCUT2D eigenvalue weighted by atomic mass is 32.2. The predicted molar refractivity (Wildman–Crippen MR) is 97.5 cm³/mol. The first kappa shape index (κ1) is 17.9. The van der Waals surface area contributed by atoms with Crippen LogP contribution in [-0.2, 0) is 14.8 Å². The Hall–Kier alpha value is -2.90. The second kappa shape index (κ2) is 6.78. The van der Waals surface area contributed by atoms with Crippen LogP contribution in [0.5, 0.6) is 0 Å². The molecule has 0 spiro atoms. The van der Waals surface area contributed by atoms with Crippen molar-refractivity contribution >= 4 is 27.0 Å². The number of rotatable bonds is 6. The quantitative estimate of drug-likeness (QED) is 0.670. The third-order valence-corrected chi connectivity index (χ3v) is 4.32. The molecule has 3 rings (SSSR count). The normalized spacial score (nSPS) is 12.8. The third-order valence-electron chi connectivity index (χ3n) is 3.74. The zero-order valence-corrected chi connectivity index (χ0v) is 15.4. The minimum absolute atomic E-state index is 0.239. The van der Waals surface area contributed by atoms with Gasteiger partial charge in [-0.1, -0.05) is 0 Å². The van der Waals surface area contributed by atoms with Gasteiger partial charge in [0.25, 0.3) is 0 Å². The van der Waals surface area contributed by atoms with Gasteiger partial charge in [-0.2, -0.15) is 10.2 Å². The molecule has 1 N–H and O–H groups in total. The molecular formula is C16H18N6O3S. The fraction of sp³-hybridized carbons (Fsp3) is 0.312. The van der Waals surface area contributed by atoms with Crippen LogP contribution in [0.15, 0.2) is 30.7 Å². The van der Waals surface area contributed by atoms with Crippen LogP contribution in [0.3, 0.4) is 0 Å². The van der Waals surface area contributed by atoms with E-state index in [1.54, 1.807) is 29.2 Å². The average Bonchev–Trinajstić information content (AvgIpc) is 3.20. The van der Waals surface area contributed by atoms with Crippen LogP contribution < -0.4 is 4.72 Å². The summed E-state index contributed by atoms with van der Waals surface area (Å²) in [6.07, 6.45) is 5.68. The van der Waals surface area contributed by atoms with Crippen molar-refractivity contribution < 1.29 is 13.2 Å². The number of nitrogens with zero attached hydrogens (tertiary/aromatic N) is 5. The van der Waals surface area contributed by atoms with Crippen LogP contribution in [0.1, 0.15) is 20.1 Å². The van der Waals surface area contributed by atoms with Gasteiger partial charge in [0.2, 0.25) is 15.7 Å². The summed E-state index contributed by atoms with van der Waals surface area (Å²) < 4.78 is 34.1. The fourth-order valence-corrected chi connectivity index (χ4v) is 3.22. The van der Waals surface area contributed by atoms with E-state index in [1.807, 2.05) is 13.8 Å². The molecule has 0 saturated heterocycles. The van der Waals surface area contributed by atoms with Gasteiger partial charge in [0.1, 0.15) is 12.0 Å². The smallest absolute Gasteiger partial charge is 0.230 e. The van der Waals surface area contributed by atoms with E-state index in [1.165, 1.54) is 10.7 Å². The summed E-state index contributed by atoms with van der Waals surface area (Å²) >= 11 is 0. The maximum absolute atomic E-state index is 11.5. The highest BCUT2D eigenvalue weighted by Gasteiger charge is 2.17. The van der Waals surface area contributed by atoms with E-state index < -0.39 is 10.0 Å². The summed E-state index contributed by atoms with van der Waals surface area (Å²) in [6.45, 7) is 11.8. The minimum atomic E-state index is -3.45. The molecule has 0 aromatic carbocycles. The molecular weight excluding hydrogens is 356 g/mol. The van der Waals surface area contributed by atoms with Gasteiger partial charge in [-0.25, -0.2) is 22.5 Å². The van der Waals surface area contributed by atoms with Gasteiger partial charge >= 0.3 is 0 Å². The zero-order valence-electron chi connectivity index (χ0n) is 14.5. The number of sulfonamides is 1. The lowest BCUT2D eigenvalue weighted by Crippen LogP contribution is -2.12. The Morgan fingerprint density at radius 1 is 1.35 bits per heavy atom. The molecule has 0 aliphatic heterocycles. The molecule has 9 nitrogen and oxygen atoms in total.